The lowest BCUT2D eigenvalue weighted by Gasteiger charge is -2.13. The molecule has 0 heterocycles. The van der Waals surface area contributed by atoms with Gasteiger partial charge in [-0.25, -0.2) is 0 Å². The van der Waals surface area contributed by atoms with Crippen LogP contribution in [0.4, 0.5) is 0 Å². The molecule has 0 fully saturated rings. The molecule has 5 heteroatoms. The smallest absolute Gasteiger partial charge is 0.251 e. The lowest BCUT2D eigenvalue weighted by molar-refractivity contribution is 0.0929. The highest BCUT2D eigenvalue weighted by molar-refractivity contribution is 7.80. The zero-order valence-corrected chi connectivity index (χ0v) is 11.4. The number of benzene rings is 1. The fourth-order valence-electron chi connectivity index (χ4n) is 1.49. The summed E-state index contributed by atoms with van der Waals surface area (Å²) in [7, 11) is 1.64. The molecule has 0 bridgehead atoms. The number of hydrogen-bond acceptors (Lipinski definition) is 3. The quantitative estimate of drug-likeness (QED) is 0.765. The molecule has 1 aromatic rings. The molecular formula is C13H18N2O2S. The van der Waals surface area contributed by atoms with E-state index in [-0.39, 0.29) is 16.9 Å². The number of amides is 1. The van der Waals surface area contributed by atoms with Gasteiger partial charge in [-0.1, -0.05) is 24.4 Å². The SMILES string of the molecule is COCCC(C)NC(=O)c1cccc(C(N)=S)c1. The van der Waals surface area contributed by atoms with Crippen LogP contribution in [0.2, 0.25) is 0 Å². The van der Waals surface area contributed by atoms with E-state index in [2.05, 4.69) is 5.32 Å². The third-order valence-corrected chi connectivity index (χ3v) is 2.78. The average molecular weight is 266 g/mol. The summed E-state index contributed by atoms with van der Waals surface area (Å²) in [6.07, 6.45) is 0.775. The Morgan fingerprint density at radius 1 is 1.50 bits per heavy atom. The first-order valence-corrected chi connectivity index (χ1v) is 6.15. The highest BCUT2D eigenvalue weighted by Gasteiger charge is 2.10. The third-order valence-electron chi connectivity index (χ3n) is 2.54. The van der Waals surface area contributed by atoms with Gasteiger partial charge in [-0.3, -0.25) is 4.79 Å². The van der Waals surface area contributed by atoms with Gasteiger partial charge in [0.2, 0.25) is 0 Å². The molecule has 1 unspecified atom stereocenters. The number of ether oxygens (including phenoxy) is 1. The second-order valence-electron chi connectivity index (χ2n) is 4.10. The summed E-state index contributed by atoms with van der Waals surface area (Å²) in [5.41, 5.74) is 6.79. The van der Waals surface area contributed by atoms with E-state index < -0.39 is 0 Å². The molecule has 0 radical (unpaired) electrons. The average Bonchev–Trinajstić information content (AvgIpc) is 2.36. The summed E-state index contributed by atoms with van der Waals surface area (Å²) < 4.78 is 4.97. The van der Waals surface area contributed by atoms with Crippen LogP contribution in [0.3, 0.4) is 0 Å². The van der Waals surface area contributed by atoms with Crippen LogP contribution < -0.4 is 11.1 Å². The molecule has 0 aromatic heterocycles. The normalized spacial score (nSPS) is 11.9. The first kappa shape index (κ1) is 14.6. The Morgan fingerprint density at radius 2 is 2.17 bits per heavy atom. The molecule has 0 saturated heterocycles. The Hall–Kier alpha value is -1.46. The molecule has 0 spiro atoms. The van der Waals surface area contributed by atoms with Crippen molar-refractivity contribution in [1.82, 2.24) is 5.32 Å². The second kappa shape index (κ2) is 7.08. The predicted octanol–water partition coefficient (Wildman–Crippen LogP) is 1.48. The van der Waals surface area contributed by atoms with Crippen molar-refractivity contribution in [3.05, 3.63) is 35.4 Å². The molecule has 1 amide bonds. The number of rotatable bonds is 6. The van der Waals surface area contributed by atoms with E-state index in [0.717, 1.165) is 6.42 Å². The van der Waals surface area contributed by atoms with Gasteiger partial charge in [0.1, 0.15) is 4.99 Å². The van der Waals surface area contributed by atoms with E-state index in [4.69, 9.17) is 22.7 Å². The maximum absolute atomic E-state index is 12.0. The van der Waals surface area contributed by atoms with Gasteiger partial charge in [-0.2, -0.15) is 0 Å². The lowest BCUT2D eigenvalue weighted by atomic mass is 10.1. The van der Waals surface area contributed by atoms with Crippen molar-refractivity contribution in [3.63, 3.8) is 0 Å². The van der Waals surface area contributed by atoms with Gasteiger partial charge in [0.05, 0.1) is 0 Å². The van der Waals surface area contributed by atoms with Crippen molar-refractivity contribution in [1.29, 1.82) is 0 Å². The summed E-state index contributed by atoms with van der Waals surface area (Å²) in [5.74, 6) is -0.128. The monoisotopic (exact) mass is 266 g/mol. The van der Waals surface area contributed by atoms with E-state index in [1.54, 1.807) is 31.4 Å². The minimum Gasteiger partial charge on any atom is -0.389 e. The fraction of sp³-hybridized carbons (Fsp3) is 0.385. The highest BCUT2D eigenvalue weighted by Crippen LogP contribution is 2.06. The van der Waals surface area contributed by atoms with Gasteiger partial charge >= 0.3 is 0 Å². The zero-order valence-electron chi connectivity index (χ0n) is 10.6. The van der Waals surface area contributed by atoms with E-state index >= 15 is 0 Å². The van der Waals surface area contributed by atoms with Crippen molar-refractivity contribution in [2.24, 2.45) is 5.73 Å². The number of thiocarbonyl (C=S) groups is 1. The number of methoxy groups -OCH3 is 1. The van der Waals surface area contributed by atoms with E-state index in [0.29, 0.717) is 17.7 Å². The molecule has 1 atom stereocenters. The van der Waals surface area contributed by atoms with Crippen LogP contribution in [0, 0.1) is 0 Å². The molecule has 4 nitrogen and oxygen atoms in total. The van der Waals surface area contributed by atoms with Gasteiger partial charge in [0.15, 0.2) is 0 Å². The lowest BCUT2D eigenvalue weighted by Crippen LogP contribution is -2.33. The molecule has 0 saturated carbocycles. The molecule has 18 heavy (non-hydrogen) atoms. The van der Waals surface area contributed by atoms with Crippen molar-refractivity contribution in [2.75, 3.05) is 13.7 Å². The van der Waals surface area contributed by atoms with Crippen molar-refractivity contribution in [2.45, 2.75) is 19.4 Å². The summed E-state index contributed by atoms with van der Waals surface area (Å²) in [6.45, 7) is 2.56. The molecule has 1 aromatic carbocycles. The summed E-state index contributed by atoms with van der Waals surface area (Å²) in [6, 6.07) is 7.04. The number of carbonyl (C=O) groups is 1. The number of hydrogen-bond donors (Lipinski definition) is 2. The second-order valence-corrected chi connectivity index (χ2v) is 4.54. The number of nitrogens with one attached hydrogen (secondary N) is 1. The van der Waals surface area contributed by atoms with Crippen LogP contribution >= 0.6 is 12.2 Å². The van der Waals surface area contributed by atoms with Gasteiger partial charge in [-0.15, -0.1) is 0 Å². The van der Waals surface area contributed by atoms with E-state index in [1.807, 2.05) is 6.92 Å². The molecule has 1 rings (SSSR count). The predicted molar refractivity (Wildman–Crippen MR) is 75.8 cm³/mol. The zero-order chi connectivity index (χ0) is 13.5. The summed E-state index contributed by atoms with van der Waals surface area (Å²) >= 11 is 4.88. The van der Waals surface area contributed by atoms with Crippen LogP contribution in [0.1, 0.15) is 29.3 Å². The largest absolute Gasteiger partial charge is 0.389 e. The summed E-state index contributed by atoms with van der Waals surface area (Å²) in [5, 5.41) is 2.89. The Labute approximate surface area is 113 Å². The van der Waals surface area contributed by atoms with Crippen molar-refractivity contribution in [3.8, 4) is 0 Å². The van der Waals surface area contributed by atoms with E-state index in [1.165, 1.54) is 0 Å². The fourth-order valence-corrected chi connectivity index (χ4v) is 1.61. The molecule has 0 aliphatic rings. The van der Waals surface area contributed by atoms with Crippen molar-refractivity contribution < 1.29 is 9.53 Å². The van der Waals surface area contributed by atoms with Crippen molar-refractivity contribution >= 4 is 23.1 Å². The summed E-state index contributed by atoms with van der Waals surface area (Å²) in [4.78, 5) is 12.2. The third kappa shape index (κ3) is 4.43. The Morgan fingerprint density at radius 3 is 2.78 bits per heavy atom. The van der Waals surface area contributed by atoms with Crippen LogP contribution in [0.15, 0.2) is 24.3 Å². The van der Waals surface area contributed by atoms with E-state index in [9.17, 15) is 4.79 Å². The maximum atomic E-state index is 12.0. The number of nitrogens with two attached hydrogens (primary N) is 1. The first-order chi connectivity index (χ1) is 8.54. The Bertz CT molecular complexity index is 435. The highest BCUT2D eigenvalue weighted by atomic mass is 32.1. The van der Waals surface area contributed by atoms with Crippen LogP contribution in [-0.4, -0.2) is 30.7 Å². The molecular weight excluding hydrogens is 248 g/mol. The molecule has 0 aliphatic carbocycles. The van der Waals surface area contributed by atoms with Gasteiger partial charge in [0, 0.05) is 30.9 Å². The minimum atomic E-state index is -0.128. The maximum Gasteiger partial charge on any atom is 0.251 e. The number of carbonyl (C=O) groups excluding carboxylic acids is 1. The van der Waals surface area contributed by atoms with Crippen LogP contribution in [0.5, 0.6) is 0 Å². The minimum absolute atomic E-state index is 0.0611. The van der Waals surface area contributed by atoms with Crippen LogP contribution in [-0.2, 0) is 4.74 Å². The van der Waals surface area contributed by atoms with Gasteiger partial charge in [-0.05, 0) is 25.5 Å². The van der Waals surface area contributed by atoms with Gasteiger partial charge in [0.25, 0.3) is 5.91 Å². The Kier molecular flexibility index (Phi) is 5.74. The Balaban J connectivity index is 2.66. The molecule has 0 aliphatic heterocycles. The van der Waals surface area contributed by atoms with Crippen LogP contribution in [0.25, 0.3) is 0 Å². The standard InChI is InChI=1S/C13H18N2O2S/c1-9(6-7-17-2)15-13(16)11-5-3-4-10(8-11)12(14)18/h3-5,8-9H,6-7H2,1-2H3,(H2,14,18)(H,15,16). The van der Waals surface area contributed by atoms with Gasteiger partial charge < -0.3 is 15.8 Å². The first-order valence-electron chi connectivity index (χ1n) is 5.74. The topological polar surface area (TPSA) is 64.3 Å². The molecule has 98 valence electrons. The molecule has 3 N–H and O–H groups in total.